The second-order valence-corrected chi connectivity index (χ2v) is 7.61. The van der Waals surface area contributed by atoms with Crippen LogP contribution in [0.4, 0.5) is 19.2 Å². The maximum atomic E-state index is 13.6. The highest BCUT2D eigenvalue weighted by atomic mass is 19.4. The van der Waals surface area contributed by atoms with E-state index in [0.717, 1.165) is 6.39 Å². The second kappa shape index (κ2) is 7.93. The minimum atomic E-state index is -4.64. The monoisotopic (exact) mass is 470 g/mol. The molecular formula is C21H17F3N8O2. The predicted octanol–water partition coefficient (Wildman–Crippen LogP) is 4.42. The van der Waals surface area contributed by atoms with Crippen molar-refractivity contribution < 1.29 is 22.4 Å². The Morgan fingerprint density at radius 1 is 1.21 bits per heavy atom. The van der Waals surface area contributed by atoms with Gasteiger partial charge in [0, 0.05) is 17.0 Å². The number of nitrogens with one attached hydrogen (secondary N) is 3. The average molecular weight is 470 g/mol. The lowest BCUT2D eigenvalue weighted by molar-refractivity contribution is -0.140. The number of amides is 1. The SMILES string of the molecule is CCCc1c(-c2c[nH]nc2C(F)(F)F)nc2ccc3[nH]nc(C(=O)Nc4nnco4)c3c2c1C. The van der Waals surface area contributed by atoms with Gasteiger partial charge < -0.3 is 4.42 Å². The Bertz CT molecular complexity index is 1520. The minimum Gasteiger partial charge on any atom is -0.411 e. The summed E-state index contributed by atoms with van der Waals surface area (Å²) in [5, 5.41) is 23.4. The molecule has 0 bridgehead atoms. The molecule has 4 aromatic heterocycles. The Hall–Kier alpha value is -4.29. The third-order valence-electron chi connectivity index (χ3n) is 5.51. The van der Waals surface area contributed by atoms with Crippen LogP contribution in [0.5, 0.6) is 0 Å². The number of pyridine rings is 1. The third-order valence-corrected chi connectivity index (χ3v) is 5.51. The quantitative estimate of drug-likeness (QED) is 0.346. The van der Waals surface area contributed by atoms with Crippen molar-refractivity contribution in [2.24, 2.45) is 0 Å². The number of nitrogens with zero attached hydrogens (tertiary/aromatic N) is 5. The lowest BCUT2D eigenvalue weighted by Gasteiger charge is -2.16. The van der Waals surface area contributed by atoms with Crippen molar-refractivity contribution in [3.8, 4) is 11.3 Å². The van der Waals surface area contributed by atoms with Gasteiger partial charge in [0.1, 0.15) is 0 Å². The van der Waals surface area contributed by atoms with Crippen LogP contribution in [-0.4, -0.2) is 41.5 Å². The van der Waals surface area contributed by atoms with E-state index >= 15 is 0 Å². The van der Waals surface area contributed by atoms with Crippen LogP contribution >= 0.6 is 0 Å². The maximum absolute atomic E-state index is 13.6. The topological polar surface area (TPSA) is 138 Å². The van der Waals surface area contributed by atoms with E-state index in [1.54, 1.807) is 19.1 Å². The third kappa shape index (κ3) is 3.45. The van der Waals surface area contributed by atoms with Gasteiger partial charge >= 0.3 is 12.2 Å². The van der Waals surface area contributed by atoms with Gasteiger partial charge in [-0.1, -0.05) is 18.4 Å². The number of fused-ring (bicyclic) bond motifs is 3. The number of rotatable bonds is 5. The zero-order valence-corrected chi connectivity index (χ0v) is 17.9. The number of aromatic amines is 2. The number of carbonyl (C=O) groups excluding carboxylic acids is 1. The van der Waals surface area contributed by atoms with Gasteiger partial charge in [-0.2, -0.15) is 23.4 Å². The maximum Gasteiger partial charge on any atom is 0.435 e. The fourth-order valence-corrected chi connectivity index (χ4v) is 4.11. The van der Waals surface area contributed by atoms with Gasteiger partial charge in [-0.05, 0) is 36.6 Å². The summed E-state index contributed by atoms with van der Waals surface area (Å²) in [6.45, 7) is 3.73. The lowest BCUT2D eigenvalue weighted by atomic mass is 9.93. The molecule has 0 radical (unpaired) electrons. The van der Waals surface area contributed by atoms with Crippen LogP contribution in [0.3, 0.4) is 0 Å². The molecule has 3 N–H and O–H groups in total. The number of aromatic nitrogens is 7. The van der Waals surface area contributed by atoms with Gasteiger partial charge in [0.15, 0.2) is 11.4 Å². The van der Waals surface area contributed by atoms with Crippen molar-refractivity contribution in [2.45, 2.75) is 32.9 Å². The summed E-state index contributed by atoms with van der Waals surface area (Å²) in [4.78, 5) is 17.5. The summed E-state index contributed by atoms with van der Waals surface area (Å²) in [5.74, 6) is -0.585. The molecule has 0 spiro atoms. The molecule has 0 atom stereocenters. The molecule has 34 heavy (non-hydrogen) atoms. The van der Waals surface area contributed by atoms with Gasteiger partial charge in [0.05, 0.1) is 22.3 Å². The number of H-pyrrole nitrogens is 2. The Morgan fingerprint density at radius 2 is 2.03 bits per heavy atom. The first kappa shape index (κ1) is 21.6. The first-order chi connectivity index (χ1) is 16.3. The van der Waals surface area contributed by atoms with Crippen molar-refractivity contribution in [3.63, 3.8) is 0 Å². The van der Waals surface area contributed by atoms with Gasteiger partial charge in [-0.25, -0.2) is 4.98 Å². The summed E-state index contributed by atoms with van der Waals surface area (Å²) in [6, 6.07) is 3.25. The molecule has 0 unspecified atom stereocenters. The largest absolute Gasteiger partial charge is 0.435 e. The highest BCUT2D eigenvalue weighted by Crippen LogP contribution is 2.40. The van der Waals surface area contributed by atoms with Crippen molar-refractivity contribution in [2.75, 3.05) is 5.32 Å². The molecule has 10 nitrogen and oxygen atoms in total. The Morgan fingerprint density at radius 3 is 2.74 bits per heavy atom. The fraction of sp³-hybridized carbons (Fsp3) is 0.238. The smallest absolute Gasteiger partial charge is 0.411 e. The molecule has 5 aromatic rings. The van der Waals surface area contributed by atoms with Crippen molar-refractivity contribution in [1.82, 2.24) is 35.6 Å². The standard InChI is InChI=1S/C21H17F3N8O2/c1-3-4-10-9(2)14-12(27-16(10)11-7-25-31-18(11)21(22,23)24)5-6-13-15(14)17(30-29-13)19(33)28-20-32-26-8-34-20/h5-8H,3-4H2,1-2H3,(H,25,31)(H,29,30)(H,28,32,33). The van der Waals surface area contributed by atoms with Crippen molar-refractivity contribution in [1.29, 1.82) is 0 Å². The molecule has 5 rings (SSSR count). The summed E-state index contributed by atoms with van der Waals surface area (Å²) >= 11 is 0. The highest BCUT2D eigenvalue weighted by Gasteiger charge is 2.38. The molecule has 0 aliphatic carbocycles. The fourth-order valence-electron chi connectivity index (χ4n) is 4.11. The minimum absolute atomic E-state index is 0.0678. The molecule has 0 saturated heterocycles. The summed E-state index contributed by atoms with van der Waals surface area (Å²) < 4.78 is 45.7. The Kier molecular flexibility index (Phi) is 5.03. The van der Waals surface area contributed by atoms with E-state index in [4.69, 9.17) is 4.42 Å². The van der Waals surface area contributed by atoms with Crippen molar-refractivity contribution in [3.05, 3.63) is 47.2 Å². The number of aryl methyl sites for hydroxylation is 1. The van der Waals surface area contributed by atoms with Crippen LogP contribution < -0.4 is 5.32 Å². The first-order valence-electron chi connectivity index (χ1n) is 10.3. The summed E-state index contributed by atoms with van der Waals surface area (Å²) in [5.41, 5.74) is 1.45. The molecule has 0 fully saturated rings. The van der Waals surface area contributed by atoms with Crippen LogP contribution in [-0.2, 0) is 12.6 Å². The lowest BCUT2D eigenvalue weighted by Crippen LogP contribution is -2.13. The van der Waals surface area contributed by atoms with Gasteiger partial charge in [-0.3, -0.25) is 20.3 Å². The number of hydrogen-bond acceptors (Lipinski definition) is 7. The Balaban J connectivity index is 1.76. The molecule has 0 aliphatic rings. The molecule has 1 aromatic carbocycles. The number of anilines is 1. The summed E-state index contributed by atoms with van der Waals surface area (Å²) in [6.07, 6.45) is -1.21. The molecule has 0 saturated carbocycles. The van der Waals surface area contributed by atoms with E-state index in [1.807, 2.05) is 6.92 Å². The van der Waals surface area contributed by atoms with E-state index in [1.165, 1.54) is 6.20 Å². The van der Waals surface area contributed by atoms with Crippen LogP contribution in [0, 0.1) is 6.92 Å². The number of alkyl halides is 3. The predicted molar refractivity (Wildman–Crippen MR) is 115 cm³/mol. The van der Waals surface area contributed by atoms with Gasteiger partial charge in [-0.15, -0.1) is 5.10 Å². The average Bonchev–Trinajstić information content (AvgIpc) is 3.55. The van der Waals surface area contributed by atoms with Crippen LogP contribution in [0.1, 0.15) is 40.7 Å². The first-order valence-corrected chi connectivity index (χ1v) is 10.3. The summed E-state index contributed by atoms with van der Waals surface area (Å²) in [7, 11) is 0. The Labute approximate surface area is 189 Å². The zero-order chi connectivity index (χ0) is 24.0. The molecule has 1 amide bonds. The molecular weight excluding hydrogens is 453 g/mol. The van der Waals surface area contributed by atoms with E-state index < -0.39 is 17.8 Å². The van der Waals surface area contributed by atoms with E-state index in [-0.39, 0.29) is 23.0 Å². The highest BCUT2D eigenvalue weighted by molar-refractivity contribution is 6.19. The van der Waals surface area contributed by atoms with E-state index in [2.05, 4.69) is 40.9 Å². The second-order valence-electron chi connectivity index (χ2n) is 7.61. The van der Waals surface area contributed by atoms with Crippen LogP contribution in [0.15, 0.2) is 29.1 Å². The number of carbonyl (C=O) groups is 1. The molecule has 4 heterocycles. The molecule has 174 valence electrons. The van der Waals surface area contributed by atoms with Gasteiger partial charge in [0.2, 0.25) is 6.39 Å². The van der Waals surface area contributed by atoms with Crippen LogP contribution in [0.25, 0.3) is 33.1 Å². The molecule has 13 heteroatoms. The van der Waals surface area contributed by atoms with Crippen molar-refractivity contribution >= 4 is 33.7 Å². The molecule has 0 aliphatic heterocycles. The zero-order valence-electron chi connectivity index (χ0n) is 17.9. The van der Waals surface area contributed by atoms with Crippen LogP contribution in [0.2, 0.25) is 0 Å². The normalized spacial score (nSPS) is 12.0. The van der Waals surface area contributed by atoms with Gasteiger partial charge in [0.25, 0.3) is 5.91 Å². The van der Waals surface area contributed by atoms with E-state index in [9.17, 15) is 18.0 Å². The number of benzene rings is 1. The number of hydrogen-bond donors (Lipinski definition) is 3. The number of halogens is 3. The van der Waals surface area contributed by atoms with E-state index in [0.29, 0.717) is 45.8 Å².